The van der Waals surface area contributed by atoms with Crippen LogP contribution >= 0.6 is 0 Å². The Kier molecular flexibility index (Phi) is 2.01. The Morgan fingerprint density at radius 1 is 1.50 bits per heavy atom. The van der Waals surface area contributed by atoms with Gasteiger partial charge in [-0.05, 0) is 18.2 Å². The fourth-order valence-electron chi connectivity index (χ4n) is 1.50. The summed E-state index contributed by atoms with van der Waals surface area (Å²) in [5.41, 5.74) is 7.42. The lowest BCUT2D eigenvalue weighted by Gasteiger charge is -1.99. The zero-order valence-electron chi connectivity index (χ0n) is 7.53. The number of nitrogen functional groups attached to an aromatic ring is 1. The second-order valence-corrected chi connectivity index (χ2v) is 3.08. The number of aromatic amines is 1. The van der Waals surface area contributed by atoms with Crippen LogP contribution in [0.4, 0.5) is 5.69 Å². The van der Waals surface area contributed by atoms with Crippen molar-refractivity contribution in [3.05, 3.63) is 28.7 Å². The first-order chi connectivity index (χ1) is 6.72. The fraction of sp³-hybridized carbons (Fsp3) is 0.222. The topological polar surface area (TPSA) is 84.0 Å². The molecule has 0 aliphatic rings. The fourth-order valence-corrected chi connectivity index (χ4v) is 1.50. The number of aromatic nitrogens is 2. The Morgan fingerprint density at radius 3 is 3.00 bits per heavy atom. The minimum absolute atomic E-state index is 0.0583. The van der Waals surface area contributed by atoms with E-state index in [9.17, 15) is 4.79 Å². The molecule has 0 aliphatic carbocycles. The van der Waals surface area contributed by atoms with Gasteiger partial charge in [-0.15, -0.1) is 0 Å². The van der Waals surface area contributed by atoms with E-state index in [1.807, 2.05) is 0 Å². The number of imidazole rings is 1. The normalized spacial score (nSPS) is 10.9. The van der Waals surface area contributed by atoms with Gasteiger partial charge in [-0.25, -0.2) is 4.79 Å². The van der Waals surface area contributed by atoms with Crippen LogP contribution in [0, 0.1) is 0 Å². The Bertz CT molecular complexity index is 512. The number of nitrogens with one attached hydrogen (secondary N) is 1. The zero-order chi connectivity index (χ0) is 10.1. The molecule has 0 atom stereocenters. The lowest BCUT2D eigenvalue weighted by atomic mass is 10.3. The SMILES string of the molecule is Nc1ccc2c(c1)[nH]c(=O)n2CCO. The third kappa shape index (κ3) is 1.27. The van der Waals surface area contributed by atoms with Crippen LogP contribution in [0.1, 0.15) is 0 Å². The number of aliphatic hydroxyl groups excluding tert-OH is 1. The second kappa shape index (κ2) is 3.19. The predicted molar refractivity (Wildman–Crippen MR) is 54.1 cm³/mol. The largest absolute Gasteiger partial charge is 0.399 e. The summed E-state index contributed by atoms with van der Waals surface area (Å²) >= 11 is 0. The highest BCUT2D eigenvalue weighted by Crippen LogP contribution is 2.13. The number of hydrogen-bond donors (Lipinski definition) is 3. The van der Waals surface area contributed by atoms with Crippen molar-refractivity contribution in [2.45, 2.75) is 6.54 Å². The Labute approximate surface area is 79.8 Å². The molecule has 0 fully saturated rings. The van der Waals surface area contributed by atoms with Crippen molar-refractivity contribution < 1.29 is 5.11 Å². The zero-order valence-corrected chi connectivity index (χ0v) is 7.53. The number of fused-ring (bicyclic) bond motifs is 1. The highest BCUT2D eigenvalue weighted by Gasteiger charge is 2.05. The molecule has 0 radical (unpaired) electrons. The molecule has 74 valence electrons. The van der Waals surface area contributed by atoms with E-state index in [0.717, 1.165) is 5.52 Å². The van der Waals surface area contributed by atoms with E-state index < -0.39 is 0 Å². The van der Waals surface area contributed by atoms with Gasteiger partial charge in [0.2, 0.25) is 0 Å². The van der Waals surface area contributed by atoms with Crippen LogP contribution in [-0.4, -0.2) is 21.3 Å². The molecule has 5 nitrogen and oxygen atoms in total. The van der Waals surface area contributed by atoms with Crippen molar-refractivity contribution in [3.8, 4) is 0 Å². The number of benzene rings is 1. The van der Waals surface area contributed by atoms with Gasteiger partial charge in [0.1, 0.15) is 0 Å². The van der Waals surface area contributed by atoms with Gasteiger partial charge in [0.15, 0.2) is 0 Å². The Balaban J connectivity index is 2.71. The second-order valence-electron chi connectivity index (χ2n) is 3.08. The summed E-state index contributed by atoms with van der Waals surface area (Å²) in [6.45, 7) is 0.236. The lowest BCUT2D eigenvalue weighted by Crippen LogP contribution is -2.18. The third-order valence-corrected chi connectivity index (χ3v) is 2.12. The third-order valence-electron chi connectivity index (χ3n) is 2.12. The number of aliphatic hydroxyl groups is 1. The molecule has 1 heterocycles. The van der Waals surface area contributed by atoms with E-state index in [4.69, 9.17) is 10.8 Å². The molecule has 0 bridgehead atoms. The Hall–Kier alpha value is -1.75. The summed E-state index contributed by atoms with van der Waals surface area (Å²) < 4.78 is 1.48. The summed E-state index contributed by atoms with van der Waals surface area (Å²) in [6, 6.07) is 5.19. The minimum Gasteiger partial charge on any atom is -0.399 e. The maximum Gasteiger partial charge on any atom is 0.326 e. The van der Waals surface area contributed by atoms with Crippen LogP contribution < -0.4 is 11.4 Å². The quantitative estimate of drug-likeness (QED) is 0.582. The summed E-state index contributed by atoms with van der Waals surface area (Å²) in [5, 5.41) is 8.78. The number of anilines is 1. The Morgan fingerprint density at radius 2 is 2.29 bits per heavy atom. The molecule has 5 heteroatoms. The highest BCUT2D eigenvalue weighted by atomic mass is 16.3. The molecule has 14 heavy (non-hydrogen) atoms. The number of H-pyrrole nitrogens is 1. The summed E-state index contributed by atoms with van der Waals surface area (Å²) in [4.78, 5) is 14.1. The molecule has 0 saturated carbocycles. The maximum absolute atomic E-state index is 11.4. The first-order valence-electron chi connectivity index (χ1n) is 4.31. The molecule has 1 aromatic heterocycles. The number of nitrogens with zero attached hydrogens (tertiary/aromatic N) is 1. The average Bonchev–Trinajstić information content (AvgIpc) is 2.43. The molecule has 0 aliphatic heterocycles. The minimum atomic E-state index is -0.223. The van der Waals surface area contributed by atoms with Crippen molar-refractivity contribution in [1.82, 2.24) is 9.55 Å². The highest BCUT2D eigenvalue weighted by molar-refractivity contribution is 5.78. The maximum atomic E-state index is 11.4. The van der Waals surface area contributed by atoms with E-state index in [2.05, 4.69) is 4.98 Å². The van der Waals surface area contributed by atoms with Gasteiger partial charge in [-0.3, -0.25) is 4.57 Å². The first kappa shape index (κ1) is 8.83. The van der Waals surface area contributed by atoms with E-state index in [1.54, 1.807) is 18.2 Å². The number of nitrogens with two attached hydrogens (primary N) is 1. The molecule has 0 spiro atoms. The van der Waals surface area contributed by atoms with Crippen molar-refractivity contribution >= 4 is 16.7 Å². The molecule has 0 saturated heterocycles. The summed E-state index contributed by atoms with van der Waals surface area (Å²) in [7, 11) is 0. The van der Waals surface area contributed by atoms with Crippen molar-refractivity contribution in [2.75, 3.05) is 12.3 Å². The van der Waals surface area contributed by atoms with E-state index in [1.165, 1.54) is 4.57 Å². The van der Waals surface area contributed by atoms with Crippen molar-refractivity contribution in [3.63, 3.8) is 0 Å². The van der Waals surface area contributed by atoms with Crippen LogP contribution in [0.15, 0.2) is 23.0 Å². The van der Waals surface area contributed by atoms with E-state index in [-0.39, 0.29) is 12.3 Å². The van der Waals surface area contributed by atoms with Crippen LogP contribution in [0.25, 0.3) is 11.0 Å². The van der Waals surface area contributed by atoms with Crippen molar-refractivity contribution in [1.29, 1.82) is 0 Å². The molecule has 1 aromatic carbocycles. The van der Waals surface area contributed by atoms with Gasteiger partial charge in [0.05, 0.1) is 24.2 Å². The molecule has 2 aromatic rings. The summed E-state index contributed by atoms with van der Waals surface area (Å²) in [6.07, 6.45) is 0. The smallest absolute Gasteiger partial charge is 0.326 e. The lowest BCUT2D eigenvalue weighted by molar-refractivity contribution is 0.276. The first-order valence-corrected chi connectivity index (χ1v) is 4.31. The van der Waals surface area contributed by atoms with Crippen LogP contribution in [0.2, 0.25) is 0 Å². The van der Waals surface area contributed by atoms with Crippen LogP contribution in [0.3, 0.4) is 0 Å². The molecule has 4 N–H and O–H groups in total. The summed E-state index contributed by atoms with van der Waals surface area (Å²) in [5.74, 6) is 0. The van der Waals surface area contributed by atoms with Gasteiger partial charge in [0, 0.05) is 5.69 Å². The van der Waals surface area contributed by atoms with Gasteiger partial charge in [-0.1, -0.05) is 0 Å². The van der Waals surface area contributed by atoms with Gasteiger partial charge < -0.3 is 15.8 Å². The number of rotatable bonds is 2. The van der Waals surface area contributed by atoms with Gasteiger partial charge in [-0.2, -0.15) is 0 Å². The average molecular weight is 193 g/mol. The monoisotopic (exact) mass is 193 g/mol. The predicted octanol–water partition coefficient (Wildman–Crippen LogP) is -0.0959. The van der Waals surface area contributed by atoms with Crippen LogP contribution in [-0.2, 0) is 6.54 Å². The van der Waals surface area contributed by atoms with Gasteiger partial charge >= 0.3 is 5.69 Å². The molecular weight excluding hydrogens is 182 g/mol. The van der Waals surface area contributed by atoms with Gasteiger partial charge in [0.25, 0.3) is 0 Å². The number of hydrogen-bond acceptors (Lipinski definition) is 3. The van der Waals surface area contributed by atoms with Crippen LogP contribution in [0.5, 0.6) is 0 Å². The van der Waals surface area contributed by atoms with E-state index in [0.29, 0.717) is 17.7 Å². The van der Waals surface area contributed by atoms with E-state index >= 15 is 0 Å². The molecule has 0 unspecified atom stereocenters. The molecule has 2 rings (SSSR count). The standard InChI is InChI=1S/C9H11N3O2/c10-6-1-2-8-7(5-6)11-9(14)12(8)3-4-13/h1-2,5,13H,3-4,10H2,(H,11,14). The molecule has 0 amide bonds. The van der Waals surface area contributed by atoms with Crippen molar-refractivity contribution in [2.24, 2.45) is 0 Å². The molecular formula is C9H11N3O2.